The summed E-state index contributed by atoms with van der Waals surface area (Å²) in [5, 5.41) is 0. The van der Waals surface area contributed by atoms with E-state index in [1.54, 1.807) is 0 Å². The van der Waals surface area contributed by atoms with Crippen LogP contribution in [0.4, 0.5) is 5.69 Å². The number of anilines is 1. The maximum Gasteiger partial charge on any atom is 0.0642 e. The van der Waals surface area contributed by atoms with E-state index in [9.17, 15) is 0 Å². The Bertz CT molecular complexity index is 439. The van der Waals surface area contributed by atoms with Crippen LogP contribution in [0, 0.1) is 0 Å². The molecule has 1 saturated carbocycles. The zero-order valence-corrected chi connectivity index (χ0v) is 12.1. The third kappa shape index (κ3) is 2.17. The number of hydrogen-bond donors (Lipinski definition) is 1. The van der Waals surface area contributed by atoms with Crippen LogP contribution >= 0.6 is 15.9 Å². The van der Waals surface area contributed by atoms with Crippen LogP contribution < -0.4 is 10.6 Å². The lowest BCUT2D eigenvalue weighted by molar-refractivity contribution is 0.122. The smallest absolute Gasteiger partial charge is 0.0642 e. The van der Waals surface area contributed by atoms with Crippen LogP contribution in [0.15, 0.2) is 22.7 Å². The van der Waals surface area contributed by atoms with E-state index >= 15 is 0 Å². The molecular formula is C14H19BrN2O. The highest BCUT2D eigenvalue weighted by molar-refractivity contribution is 9.10. The zero-order valence-electron chi connectivity index (χ0n) is 10.5. The maximum atomic E-state index is 6.37. The summed E-state index contributed by atoms with van der Waals surface area (Å²) < 4.78 is 6.54. The summed E-state index contributed by atoms with van der Waals surface area (Å²) in [4.78, 5) is 2.36. The Morgan fingerprint density at radius 3 is 2.50 bits per heavy atom. The normalized spacial score (nSPS) is 22.7. The van der Waals surface area contributed by atoms with E-state index in [0.29, 0.717) is 0 Å². The van der Waals surface area contributed by atoms with Crippen LogP contribution in [-0.2, 0) is 10.3 Å². The molecule has 0 atom stereocenters. The molecule has 1 aliphatic heterocycles. The Hall–Kier alpha value is -0.580. The number of morpholine rings is 1. The highest BCUT2D eigenvalue weighted by atomic mass is 79.9. The van der Waals surface area contributed by atoms with Gasteiger partial charge in [0.2, 0.25) is 0 Å². The molecule has 1 aliphatic carbocycles. The lowest BCUT2D eigenvalue weighted by Crippen LogP contribution is -2.43. The molecule has 1 aromatic carbocycles. The highest BCUT2D eigenvalue weighted by Crippen LogP contribution is 2.41. The number of benzene rings is 1. The molecular weight excluding hydrogens is 292 g/mol. The summed E-state index contributed by atoms with van der Waals surface area (Å²) in [5.74, 6) is 0. The first-order valence-electron chi connectivity index (χ1n) is 6.61. The van der Waals surface area contributed by atoms with Gasteiger partial charge in [-0.15, -0.1) is 0 Å². The van der Waals surface area contributed by atoms with Gasteiger partial charge in [-0.2, -0.15) is 0 Å². The summed E-state index contributed by atoms with van der Waals surface area (Å²) in [6.07, 6.45) is 3.46. The lowest BCUT2D eigenvalue weighted by Gasteiger charge is -2.39. The fourth-order valence-corrected chi connectivity index (χ4v) is 3.35. The molecule has 98 valence electrons. The van der Waals surface area contributed by atoms with Crippen LogP contribution in [0.5, 0.6) is 0 Å². The predicted molar refractivity (Wildman–Crippen MR) is 76.9 cm³/mol. The molecule has 3 nitrogen and oxygen atoms in total. The van der Waals surface area contributed by atoms with Gasteiger partial charge < -0.3 is 15.4 Å². The average Bonchev–Trinajstić information content (AvgIpc) is 2.37. The van der Waals surface area contributed by atoms with E-state index in [0.717, 1.165) is 43.6 Å². The molecule has 1 heterocycles. The third-order valence-electron chi connectivity index (χ3n) is 4.12. The molecule has 18 heavy (non-hydrogen) atoms. The van der Waals surface area contributed by atoms with Crippen molar-refractivity contribution in [3.05, 3.63) is 28.2 Å². The molecule has 1 aromatic rings. The highest BCUT2D eigenvalue weighted by Gasteiger charge is 2.34. The number of hydrogen-bond acceptors (Lipinski definition) is 3. The molecule has 2 N–H and O–H groups in total. The van der Waals surface area contributed by atoms with Crippen LogP contribution in [0.1, 0.15) is 24.8 Å². The van der Waals surface area contributed by atoms with E-state index in [4.69, 9.17) is 10.5 Å². The monoisotopic (exact) mass is 310 g/mol. The van der Waals surface area contributed by atoms with Crippen molar-refractivity contribution >= 4 is 21.6 Å². The van der Waals surface area contributed by atoms with Gasteiger partial charge in [-0.05, 0) is 52.9 Å². The molecule has 4 heteroatoms. The molecule has 0 spiro atoms. The second-order valence-corrected chi connectivity index (χ2v) is 6.13. The van der Waals surface area contributed by atoms with E-state index in [2.05, 4.69) is 39.0 Å². The van der Waals surface area contributed by atoms with Crippen molar-refractivity contribution in [2.75, 3.05) is 31.2 Å². The van der Waals surface area contributed by atoms with E-state index in [1.807, 2.05) is 0 Å². The number of nitrogens with two attached hydrogens (primary N) is 1. The molecule has 1 saturated heterocycles. The first-order valence-corrected chi connectivity index (χ1v) is 7.40. The van der Waals surface area contributed by atoms with Crippen molar-refractivity contribution in [1.82, 2.24) is 0 Å². The topological polar surface area (TPSA) is 38.5 Å². The fourth-order valence-electron chi connectivity index (χ4n) is 2.72. The van der Waals surface area contributed by atoms with Crippen LogP contribution in [-0.4, -0.2) is 26.3 Å². The Kier molecular flexibility index (Phi) is 3.34. The van der Waals surface area contributed by atoms with Crippen molar-refractivity contribution in [2.24, 2.45) is 5.73 Å². The second kappa shape index (κ2) is 4.83. The summed E-state index contributed by atoms with van der Waals surface area (Å²) in [5.41, 5.74) is 8.81. The standard InChI is InChI=1S/C14H19BrN2O/c15-12-10-11(14(16)4-1-5-14)2-3-13(12)17-6-8-18-9-7-17/h2-3,10H,1,4-9,16H2. The first-order chi connectivity index (χ1) is 8.69. The van der Waals surface area contributed by atoms with Crippen molar-refractivity contribution in [2.45, 2.75) is 24.8 Å². The minimum atomic E-state index is -0.0773. The van der Waals surface area contributed by atoms with Crippen LogP contribution in [0.2, 0.25) is 0 Å². The number of ether oxygens (including phenoxy) is 1. The molecule has 0 bridgehead atoms. The van der Waals surface area contributed by atoms with E-state index in [1.165, 1.54) is 17.7 Å². The van der Waals surface area contributed by atoms with Gasteiger partial charge in [-0.1, -0.05) is 6.07 Å². The van der Waals surface area contributed by atoms with Gasteiger partial charge in [-0.25, -0.2) is 0 Å². The Balaban J connectivity index is 1.84. The molecule has 2 aliphatic rings. The lowest BCUT2D eigenvalue weighted by atomic mass is 9.73. The second-order valence-electron chi connectivity index (χ2n) is 5.28. The molecule has 0 unspecified atom stereocenters. The molecule has 2 fully saturated rings. The Morgan fingerprint density at radius 1 is 1.22 bits per heavy atom. The van der Waals surface area contributed by atoms with Gasteiger partial charge in [0.25, 0.3) is 0 Å². The van der Waals surface area contributed by atoms with Crippen molar-refractivity contribution < 1.29 is 4.74 Å². The van der Waals surface area contributed by atoms with Gasteiger partial charge in [-0.3, -0.25) is 0 Å². The largest absolute Gasteiger partial charge is 0.378 e. The average molecular weight is 311 g/mol. The van der Waals surface area contributed by atoms with Crippen LogP contribution in [0.25, 0.3) is 0 Å². The first kappa shape index (κ1) is 12.5. The van der Waals surface area contributed by atoms with Gasteiger partial charge in [0, 0.05) is 23.1 Å². The summed E-state index contributed by atoms with van der Waals surface area (Å²) >= 11 is 3.69. The molecule has 3 rings (SSSR count). The molecule has 0 aromatic heterocycles. The Labute approximate surface area is 116 Å². The number of nitrogens with zero attached hydrogens (tertiary/aromatic N) is 1. The van der Waals surface area contributed by atoms with Gasteiger partial charge >= 0.3 is 0 Å². The van der Waals surface area contributed by atoms with Crippen molar-refractivity contribution in [3.63, 3.8) is 0 Å². The molecule has 0 amide bonds. The van der Waals surface area contributed by atoms with Gasteiger partial charge in [0.15, 0.2) is 0 Å². The van der Waals surface area contributed by atoms with Crippen molar-refractivity contribution in [3.8, 4) is 0 Å². The quantitative estimate of drug-likeness (QED) is 0.912. The number of rotatable bonds is 2. The van der Waals surface area contributed by atoms with Gasteiger partial charge in [0.1, 0.15) is 0 Å². The van der Waals surface area contributed by atoms with E-state index < -0.39 is 0 Å². The predicted octanol–water partition coefficient (Wildman–Crippen LogP) is 2.62. The maximum absolute atomic E-state index is 6.37. The minimum Gasteiger partial charge on any atom is -0.378 e. The van der Waals surface area contributed by atoms with Gasteiger partial charge in [0.05, 0.1) is 18.9 Å². The van der Waals surface area contributed by atoms with E-state index in [-0.39, 0.29) is 5.54 Å². The fraction of sp³-hybridized carbons (Fsp3) is 0.571. The zero-order chi connectivity index (χ0) is 12.6. The summed E-state index contributed by atoms with van der Waals surface area (Å²) in [6.45, 7) is 3.56. The summed E-state index contributed by atoms with van der Waals surface area (Å²) in [7, 11) is 0. The number of halogens is 1. The third-order valence-corrected chi connectivity index (χ3v) is 4.76. The molecule has 0 radical (unpaired) electrons. The van der Waals surface area contributed by atoms with Crippen LogP contribution in [0.3, 0.4) is 0 Å². The minimum absolute atomic E-state index is 0.0773. The summed E-state index contributed by atoms with van der Waals surface area (Å²) in [6, 6.07) is 6.58. The Morgan fingerprint density at radius 2 is 1.94 bits per heavy atom. The van der Waals surface area contributed by atoms with Crippen molar-refractivity contribution in [1.29, 1.82) is 0 Å². The SMILES string of the molecule is NC1(c2ccc(N3CCOCC3)c(Br)c2)CCC1.